The van der Waals surface area contributed by atoms with Crippen LogP contribution in [0.5, 0.6) is 11.5 Å². The van der Waals surface area contributed by atoms with Crippen LogP contribution < -0.4 is 9.47 Å². The number of rotatable bonds is 17. The van der Waals surface area contributed by atoms with Crippen LogP contribution in [-0.4, -0.2) is 96.5 Å². The summed E-state index contributed by atoms with van der Waals surface area (Å²) in [4.78, 5) is 61.0. The lowest BCUT2D eigenvalue weighted by molar-refractivity contribution is -0.129. The molecule has 14 nitrogen and oxygen atoms in total. The normalized spacial score (nSPS) is 21.3. The SMILES string of the molecule is C=CC(=O)Oc1ccc(-c2ccc(C(=O)Cl)cc2)cc1.C=CC(=O)Oc1ccc(-c2ccc(C(=O)O[C@@H](c3ccnc4ccc(CO)cc34)[C@@H]3CC4CCN3C[C@@H]4C=C)cc2)cc1.C=C[C@H]1CN2CCC1C[C@H]2[C@@H](O)c1ccnc2ccc(CO)cc12. The molecule has 6 aliphatic heterocycles. The first-order chi connectivity index (χ1) is 42.3. The van der Waals surface area contributed by atoms with Gasteiger partial charge < -0.3 is 29.5 Å². The number of carbonyl (C=O) groups is 4. The van der Waals surface area contributed by atoms with Gasteiger partial charge in [-0.05, 0) is 198 Å². The summed E-state index contributed by atoms with van der Waals surface area (Å²) in [7, 11) is 0. The number of piperidine rings is 6. The Hall–Kier alpha value is -8.73. The summed E-state index contributed by atoms with van der Waals surface area (Å²) < 4.78 is 16.6. The van der Waals surface area contributed by atoms with Gasteiger partial charge in [-0.3, -0.25) is 24.6 Å². The number of carbonyl (C=O) groups excluding carboxylic acids is 4. The van der Waals surface area contributed by atoms with Gasteiger partial charge in [-0.15, -0.1) is 13.2 Å². The van der Waals surface area contributed by atoms with E-state index in [0.29, 0.717) is 46.3 Å². The van der Waals surface area contributed by atoms with Crippen LogP contribution in [0.25, 0.3) is 44.1 Å². The minimum absolute atomic E-state index is 0.000980. The highest BCUT2D eigenvalue weighted by atomic mass is 35.5. The first-order valence-corrected chi connectivity index (χ1v) is 29.5. The number of pyridine rings is 2. The van der Waals surface area contributed by atoms with E-state index in [1.54, 1.807) is 73.1 Å². The Kier molecular flexibility index (Phi) is 19.9. The number of halogens is 1. The van der Waals surface area contributed by atoms with Crippen LogP contribution in [0.3, 0.4) is 0 Å². The molecule has 6 saturated heterocycles. The molecule has 3 N–H and O–H groups in total. The number of fused-ring (bicyclic) bond motifs is 8. The van der Waals surface area contributed by atoms with E-state index in [4.69, 9.17) is 25.8 Å². The maximum absolute atomic E-state index is 13.7. The molecular formula is C72H69ClN4O10. The van der Waals surface area contributed by atoms with Gasteiger partial charge in [0.2, 0.25) is 0 Å². The second kappa shape index (κ2) is 28.2. The number of hydrogen-bond acceptors (Lipinski definition) is 14. The zero-order chi connectivity index (χ0) is 61.1. The Morgan fingerprint density at radius 3 is 1.40 bits per heavy atom. The third kappa shape index (κ3) is 14.3. The summed E-state index contributed by atoms with van der Waals surface area (Å²) in [6.07, 6.45) is 13.1. The molecule has 0 aliphatic carbocycles. The van der Waals surface area contributed by atoms with Crippen LogP contribution in [0.4, 0.5) is 0 Å². The van der Waals surface area contributed by atoms with E-state index in [1.807, 2.05) is 84.9 Å². The number of esters is 3. The van der Waals surface area contributed by atoms with E-state index < -0.39 is 35.4 Å². The molecule has 8 heterocycles. The number of aromatic nitrogens is 2. The number of benzene rings is 6. The number of nitrogens with zero attached hydrogens (tertiary/aromatic N) is 4. The second-order valence-electron chi connectivity index (χ2n) is 22.3. The zero-order valence-electron chi connectivity index (χ0n) is 48.2. The molecule has 0 radical (unpaired) electrons. The quantitative estimate of drug-likeness (QED) is 0.0257. The summed E-state index contributed by atoms with van der Waals surface area (Å²) in [6.45, 7) is 18.6. The maximum Gasteiger partial charge on any atom is 0.338 e. The molecule has 6 aliphatic rings. The largest absolute Gasteiger partial charge is 0.452 e. The Morgan fingerprint density at radius 2 is 0.989 bits per heavy atom. The van der Waals surface area contributed by atoms with Crippen molar-refractivity contribution in [2.24, 2.45) is 23.7 Å². The molecule has 444 valence electrons. The molecule has 6 fully saturated rings. The summed E-state index contributed by atoms with van der Waals surface area (Å²) in [5.74, 6) is 1.60. The van der Waals surface area contributed by atoms with Crippen LogP contribution in [0.2, 0.25) is 0 Å². The van der Waals surface area contributed by atoms with Crippen molar-refractivity contribution in [1.29, 1.82) is 0 Å². The fraction of sp³-hybridized carbons (Fsp3) is 0.250. The molecule has 6 aromatic carbocycles. The van der Waals surface area contributed by atoms with Gasteiger partial charge in [0.15, 0.2) is 0 Å². The van der Waals surface area contributed by atoms with Gasteiger partial charge in [-0.1, -0.05) is 86.0 Å². The van der Waals surface area contributed by atoms with Crippen LogP contribution in [0, 0.1) is 23.7 Å². The predicted octanol–water partition coefficient (Wildman–Crippen LogP) is 12.8. The Labute approximate surface area is 511 Å². The third-order valence-corrected chi connectivity index (χ3v) is 17.5. The summed E-state index contributed by atoms with van der Waals surface area (Å²) in [5, 5.41) is 31.7. The standard InChI is InChI=1S/C36H34N2O5.C20H24N2O2.C16H11ClO3/c1-3-24-21-38-18-16-28(24)20-33(38)35(30-15-17-37-32-14-5-23(22-39)19-31(30)32)43-36(41)27-8-6-25(7-9-27)26-10-12-29(13-11-26)42-34(40)4-2;1-2-14-11-22-8-6-15(14)10-19(22)20(24)16-5-7-21-18-4-3-13(12-23)9-17(16)18;1-2-15(18)20-14-9-7-12(8-10-14)11-3-5-13(6-4-11)16(17)19/h3-15,17,19,24,28,33,35,39H,1-2,16,18,20-22H2;2-5,7,9,14-15,19-20,23-24H,1,6,8,10-12H2;2-10H,1H2/t24-,28?,33-,35-;14-,15?,19-,20-;/m00./s1. The molecule has 8 aromatic rings. The van der Waals surface area contributed by atoms with E-state index >= 15 is 0 Å². The summed E-state index contributed by atoms with van der Waals surface area (Å²) >= 11 is 5.39. The lowest BCUT2D eigenvalue weighted by Gasteiger charge is -2.51. The van der Waals surface area contributed by atoms with Crippen molar-refractivity contribution in [2.75, 3.05) is 26.2 Å². The molecule has 10 atom stereocenters. The van der Waals surface area contributed by atoms with Crippen molar-refractivity contribution in [2.45, 2.75) is 63.2 Å². The molecule has 15 heteroatoms. The lowest BCUT2D eigenvalue weighted by atomic mass is 9.73. The molecule has 2 aromatic heterocycles. The molecule has 14 rings (SSSR count). The van der Waals surface area contributed by atoms with E-state index in [9.17, 15) is 34.5 Å². The van der Waals surface area contributed by atoms with Crippen LogP contribution in [0.1, 0.15) is 80.9 Å². The first-order valence-electron chi connectivity index (χ1n) is 29.2. The van der Waals surface area contributed by atoms with E-state index in [0.717, 1.165) is 124 Å². The van der Waals surface area contributed by atoms with Crippen LogP contribution >= 0.6 is 11.6 Å². The van der Waals surface area contributed by atoms with Crippen molar-refractivity contribution < 1.29 is 48.7 Å². The Morgan fingerprint density at radius 1 is 0.563 bits per heavy atom. The average Bonchev–Trinajstić information content (AvgIpc) is 1.31. The highest BCUT2D eigenvalue weighted by Crippen LogP contribution is 2.45. The average molecular weight is 1190 g/mol. The second-order valence-corrected chi connectivity index (χ2v) is 22.7. The van der Waals surface area contributed by atoms with Gasteiger partial charge in [0.1, 0.15) is 17.6 Å². The molecular weight excluding hydrogens is 1120 g/mol. The highest BCUT2D eigenvalue weighted by molar-refractivity contribution is 6.67. The van der Waals surface area contributed by atoms with Crippen molar-refractivity contribution in [3.05, 3.63) is 242 Å². The summed E-state index contributed by atoms with van der Waals surface area (Å²) in [6, 6.07) is 43.9. The zero-order valence-corrected chi connectivity index (χ0v) is 49.0. The smallest absolute Gasteiger partial charge is 0.338 e. The number of aliphatic hydroxyl groups is 3. The Balaban J connectivity index is 0.000000160. The minimum Gasteiger partial charge on any atom is -0.452 e. The van der Waals surface area contributed by atoms with Crippen LogP contribution in [0.15, 0.2) is 209 Å². The lowest BCUT2D eigenvalue weighted by Crippen LogP contribution is -2.55. The van der Waals surface area contributed by atoms with Crippen LogP contribution in [-0.2, 0) is 27.5 Å². The van der Waals surface area contributed by atoms with Crippen molar-refractivity contribution in [3.63, 3.8) is 0 Å². The van der Waals surface area contributed by atoms with Crippen molar-refractivity contribution in [1.82, 2.24) is 19.8 Å². The van der Waals surface area contributed by atoms with Gasteiger partial charge >= 0.3 is 17.9 Å². The summed E-state index contributed by atoms with van der Waals surface area (Å²) in [5.41, 5.74) is 9.73. The van der Waals surface area contributed by atoms with Crippen molar-refractivity contribution >= 4 is 56.6 Å². The topological polar surface area (TPSA) is 189 Å². The third-order valence-electron chi connectivity index (χ3n) is 17.3. The fourth-order valence-electron chi connectivity index (χ4n) is 12.6. The van der Waals surface area contributed by atoms with Gasteiger partial charge in [-0.2, -0.15) is 0 Å². The van der Waals surface area contributed by atoms with Gasteiger partial charge in [0, 0.05) is 65.6 Å². The number of aliphatic hydroxyl groups excluding tert-OH is 3. The maximum atomic E-state index is 13.7. The highest BCUT2D eigenvalue weighted by Gasteiger charge is 2.45. The number of hydrogen-bond donors (Lipinski definition) is 3. The molecule has 0 saturated carbocycles. The minimum atomic E-state index is -0.530. The van der Waals surface area contributed by atoms with Gasteiger partial charge in [-0.25, -0.2) is 14.4 Å². The van der Waals surface area contributed by atoms with Gasteiger partial charge in [0.05, 0.1) is 42.0 Å². The number of ether oxygens (including phenoxy) is 3. The van der Waals surface area contributed by atoms with E-state index in [1.165, 1.54) is 6.42 Å². The van der Waals surface area contributed by atoms with E-state index in [2.05, 4.69) is 58.2 Å². The molecule has 0 amide bonds. The fourth-order valence-corrected chi connectivity index (χ4v) is 12.7. The first kappa shape index (κ1) is 61.4. The molecule has 87 heavy (non-hydrogen) atoms. The monoisotopic (exact) mass is 1180 g/mol. The molecule has 0 spiro atoms. The van der Waals surface area contributed by atoms with Crippen molar-refractivity contribution in [3.8, 4) is 33.8 Å². The van der Waals surface area contributed by atoms with Gasteiger partial charge in [0.25, 0.3) is 5.24 Å². The predicted molar refractivity (Wildman–Crippen MR) is 338 cm³/mol. The molecule has 4 bridgehead atoms. The molecule has 4 unspecified atom stereocenters. The Bertz CT molecular complexity index is 3820. The van der Waals surface area contributed by atoms with E-state index in [-0.39, 0.29) is 25.3 Å².